The molecule has 6 rings (SSSR count). The Morgan fingerprint density at radius 2 is 0.788 bits per heavy atom. The van der Waals surface area contributed by atoms with Crippen molar-refractivity contribution in [1.82, 2.24) is 0 Å². The van der Waals surface area contributed by atoms with E-state index in [4.69, 9.17) is 28.4 Å². The first-order chi connectivity index (χ1) is 25.4. The number of ether oxygens (including phenoxy) is 6. The Morgan fingerprint density at radius 3 is 1.21 bits per heavy atom. The Bertz CT molecular complexity index is 1970. The van der Waals surface area contributed by atoms with Gasteiger partial charge in [-0.3, -0.25) is 0 Å². The normalized spacial score (nSPS) is 18.3. The van der Waals surface area contributed by atoms with Gasteiger partial charge in [0.2, 0.25) is 12.4 Å². The maximum Gasteiger partial charge on any atom is 0.340 e. The minimum atomic E-state index is -1.68. The fourth-order valence-electron chi connectivity index (χ4n) is 5.37. The molecule has 1 fully saturated rings. The molecular weight excluding hydrogens is 668 g/mol. The van der Waals surface area contributed by atoms with E-state index in [1.165, 1.54) is 48.5 Å². The van der Waals surface area contributed by atoms with Crippen molar-refractivity contribution in [2.45, 2.75) is 30.7 Å². The fourth-order valence-corrected chi connectivity index (χ4v) is 5.37. The zero-order valence-corrected chi connectivity index (χ0v) is 27.5. The monoisotopic (exact) mass is 700 g/mol. The Kier molecular flexibility index (Phi) is 11.4. The molecule has 0 radical (unpaired) electrons. The number of rotatable bonds is 12. The summed E-state index contributed by atoms with van der Waals surface area (Å²) in [7, 11) is 0. The molecule has 5 atom stereocenters. The highest BCUT2D eigenvalue weighted by molar-refractivity contribution is 5.92. The Hall–Kier alpha value is -6.59. The van der Waals surface area contributed by atoms with Gasteiger partial charge in [-0.2, -0.15) is 0 Å². The van der Waals surface area contributed by atoms with Crippen molar-refractivity contribution in [3.05, 3.63) is 179 Å². The van der Waals surface area contributed by atoms with Gasteiger partial charge >= 0.3 is 29.8 Å². The van der Waals surface area contributed by atoms with Crippen molar-refractivity contribution in [2.24, 2.45) is 0 Å². The molecule has 0 N–H and O–H groups in total. The zero-order chi connectivity index (χ0) is 36.3. The van der Waals surface area contributed by atoms with Gasteiger partial charge in [-0.05, 0) is 60.7 Å². The summed E-state index contributed by atoms with van der Waals surface area (Å²) in [4.78, 5) is 67.0. The second-order valence-electron chi connectivity index (χ2n) is 11.5. The van der Waals surface area contributed by atoms with Crippen LogP contribution in [0.3, 0.4) is 0 Å². The number of carbonyl (C=O) groups excluding carboxylic acids is 5. The third kappa shape index (κ3) is 8.76. The van der Waals surface area contributed by atoms with Gasteiger partial charge in [-0.15, -0.1) is 0 Å². The van der Waals surface area contributed by atoms with Crippen LogP contribution in [0.4, 0.5) is 0 Å². The van der Waals surface area contributed by atoms with Crippen LogP contribution >= 0.6 is 0 Å². The van der Waals surface area contributed by atoms with Crippen LogP contribution in [0.2, 0.25) is 0 Å². The molecule has 0 aliphatic carbocycles. The van der Waals surface area contributed by atoms with Gasteiger partial charge in [-0.25, -0.2) is 24.0 Å². The molecular formula is C41H32O11. The maximum atomic E-state index is 13.6. The lowest BCUT2D eigenvalue weighted by molar-refractivity contribution is -0.156. The Balaban J connectivity index is 1.38. The average Bonchev–Trinajstić information content (AvgIpc) is 3.52. The summed E-state index contributed by atoms with van der Waals surface area (Å²) in [5.74, 6) is -4.08. The zero-order valence-electron chi connectivity index (χ0n) is 27.5. The van der Waals surface area contributed by atoms with Crippen LogP contribution in [-0.4, -0.2) is 67.2 Å². The summed E-state index contributed by atoms with van der Waals surface area (Å²) >= 11 is 0. The Morgan fingerprint density at radius 1 is 0.442 bits per heavy atom. The van der Waals surface area contributed by atoms with E-state index in [1.54, 1.807) is 103 Å². The van der Waals surface area contributed by atoms with Crippen molar-refractivity contribution < 1.29 is 52.4 Å². The summed E-state index contributed by atoms with van der Waals surface area (Å²) in [6.45, 7) is -0.588. The van der Waals surface area contributed by atoms with E-state index < -0.39 is 67.2 Å². The van der Waals surface area contributed by atoms with Crippen molar-refractivity contribution >= 4 is 29.8 Å². The molecule has 0 unspecified atom stereocenters. The standard InChI is InChI=1S/C41H32O11/c42-36(27-16-6-1-7-17-27)47-26-32(48-37(43)28-18-8-2-9-19-28)33-34(49-38(44)29-20-10-3-11-21-29)35(50-39(45)30-22-12-4-13-23-30)41(51-33)52-40(46)31-24-14-5-15-25-31/h1-25,32-35,41H,26H2/t32-,33+,34+,35+,41+/m1/s1. The van der Waals surface area contributed by atoms with Crippen LogP contribution in [0.15, 0.2) is 152 Å². The smallest absolute Gasteiger partial charge is 0.340 e. The van der Waals surface area contributed by atoms with Gasteiger partial charge in [0.05, 0.1) is 27.8 Å². The molecule has 52 heavy (non-hydrogen) atoms. The predicted molar refractivity (Wildman–Crippen MR) is 184 cm³/mol. The van der Waals surface area contributed by atoms with Crippen molar-refractivity contribution in [2.75, 3.05) is 6.61 Å². The van der Waals surface area contributed by atoms with E-state index in [1.807, 2.05) is 0 Å². The highest BCUT2D eigenvalue weighted by Crippen LogP contribution is 2.33. The van der Waals surface area contributed by atoms with Crippen LogP contribution in [0.1, 0.15) is 51.8 Å². The van der Waals surface area contributed by atoms with Gasteiger partial charge < -0.3 is 28.4 Å². The number of benzene rings is 5. The number of hydrogen-bond acceptors (Lipinski definition) is 11. The van der Waals surface area contributed by atoms with Gasteiger partial charge in [0, 0.05) is 0 Å². The number of hydrogen-bond donors (Lipinski definition) is 0. The molecule has 1 saturated heterocycles. The van der Waals surface area contributed by atoms with Crippen molar-refractivity contribution in [1.29, 1.82) is 0 Å². The van der Waals surface area contributed by atoms with Crippen LogP contribution in [0.5, 0.6) is 0 Å². The molecule has 0 aromatic heterocycles. The number of esters is 5. The lowest BCUT2D eigenvalue weighted by atomic mass is 10.0. The van der Waals surface area contributed by atoms with E-state index in [9.17, 15) is 24.0 Å². The maximum absolute atomic E-state index is 13.6. The van der Waals surface area contributed by atoms with Crippen LogP contribution in [0.25, 0.3) is 0 Å². The first kappa shape index (κ1) is 35.2. The summed E-state index contributed by atoms with van der Waals surface area (Å²) in [6.07, 6.45) is -7.79. The molecule has 1 heterocycles. The van der Waals surface area contributed by atoms with Crippen LogP contribution in [0, 0.1) is 0 Å². The number of carbonyl (C=O) groups is 5. The molecule has 0 spiro atoms. The summed E-state index contributed by atoms with van der Waals surface area (Å²) in [5, 5.41) is 0. The highest BCUT2D eigenvalue weighted by atomic mass is 16.8. The summed E-state index contributed by atoms with van der Waals surface area (Å²) < 4.78 is 35.3. The molecule has 262 valence electrons. The second kappa shape index (κ2) is 16.9. The largest absolute Gasteiger partial charge is 0.458 e. The summed E-state index contributed by atoms with van der Waals surface area (Å²) in [6, 6.07) is 40.1. The minimum absolute atomic E-state index is 0.146. The SMILES string of the molecule is O=C(OC[C@@H](OC(=O)c1ccccc1)[C@@H]1O[C@@H](OC(=O)c2ccccc2)[C@@H](OC(=O)c2ccccc2)[C@H]1OC(=O)c1ccccc1)c1ccccc1. The van der Waals surface area contributed by atoms with Gasteiger partial charge in [0.1, 0.15) is 12.7 Å². The lowest BCUT2D eigenvalue weighted by Gasteiger charge is -2.28. The van der Waals surface area contributed by atoms with Gasteiger partial charge in [0.25, 0.3) is 0 Å². The Labute approximate surface area is 298 Å². The van der Waals surface area contributed by atoms with Crippen molar-refractivity contribution in [3.63, 3.8) is 0 Å². The lowest BCUT2D eigenvalue weighted by Crippen LogP contribution is -2.47. The van der Waals surface area contributed by atoms with Gasteiger partial charge in [0.15, 0.2) is 12.2 Å². The third-order valence-corrected chi connectivity index (χ3v) is 7.97. The molecule has 11 nitrogen and oxygen atoms in total. The van der Waals surface area contributed by atoms with E-state index in [-0.39, 0.29) is 27.8 Å². The second-order valence-corrected chi connectivity index (χ2v) is 11.5. The third-order valence-electron chi connectivity index (χ3n) is 7.97. The summed E-state index contributed by atoms with van der Waals surface area (Å²) in [5.41, 5.74) is 0.837. The fraction of sp³-hybridized carbons (Fsp3) is 0.146. The van der Waals surface area contributed by atoms with E-state index >= 15 is 0 Å². The minimum Gasteiger partial charge on any atom is -0.458 e. The molecule has 11 heteroatoms. The average molecular weight is 701 g/mol. The topological polar surface area (TPSA) is 141 Å². The quantitative estimate of drug-likeness (QED) is 0.110. The molecule has 0 bridgehead atoms. The molecule has 1 aliphatic heterocycles. The highest BCUT2D eigenvalue weighted by Gasteiger charge is 2.56. The van der Waals surface area contributed by atoms with Crippen LogP contribution in [-0.2, 0) is 28.4 Å². The predicted octanol–water partition coefficient (Wildman–Crippen LogP) is 6.10. The molecule has 5 aromatic rings. The van der Waals surface area contributed by atoms with E-state index in [0.29, 0.717) is 0 Å². The molecule has 5 aromatic carbocycles. The molecule has 0 amide bonds. The first-order valence-electron chi connectivity index (χ1n) is 16.3. The molecule has 0 saturated carbocycles. The van der Waals surface area contributed by atoms with E-state index in [0.717, 1.165) is 0 Å². The molecule has 1 aliphatic rings. The first-order valence-corrected chi connectivity index (χ1v) is 16.3. The van der Waals surface area contributed by atoms with Crippen LogP contribution < -0.4 is 0 Å². The van der Waals surface area contributed by atoms with Gasteiger partial charge in [-0.1, -0.05) is 91.0 Å². The van der Waals surface area contributed by atoms with Crippen molar-refractivity contribution in [3.8, 4) is 0 Å². The van der Waals surface area contributed by atoms with E-state index in [2.05, 4.69) is 0 Å².